The SMILES string of the molecule is CCN(CC)c1c(N)nc(C)nc1N. The highest BCUT2D eigenvalue weighted by atomic mass is 15.2. The number of hydrogen-bond donors (Lipinski definition) is 2. The van der Waals surface area contributed by atoms with Gasteiger partial charge < -0.3 is 16.4 Å². The Hall–Kier alpha value is -1.52. The van der Waals surface area contributed by atoms with Crippen molar-refractivity contribution in [3.8, 4) is 0 Å². The van der Waals surface area contributed by atoms with Crippen molar-refractivity contribution in [2.75, 3.05) is 29.5 Å². The molecule has 0 amide bonds. The minimum atomic E-state index is 0.457. The van der Waals surface area contributed by atoms with Crippen molar-refractivity contribution in [2.24, 2.45) is 0 Å². The van der Waals surface area contributed by atoms with Gasteiger partial charge in [-0.05, 0) is 20.8 Å². The van der Waals surface area contributed by atoms with Crippen molar-refractivity contribution in [3.05, 3.63) is 5.82 Å². The topological polar surface area (TPSA) is 81.1 Å². The zero-order valence-electron chi connectivity index (χ0n) is 8.91. The lowest BCUT2D eigenvalue weighted by atomic mass is 10.3. The predicted molar refractivity (Wildman–Crippen MR) is 59.2 cm³/mol. The maximum atomic E-state index is 5.80. The average Bonchev–Trinajstić information content (AvgIpc) is 2.10. The average molecular weight is 195 g/mol. The third-order valence-electron chi connectivity index (χ3n) is 2.13. The zero-order chi connectivity index (χ0) is 10.7. The highest BCUT2D eigenvalue weighted by Gasteiger charge is 2.13. The van der Waals surface area contributed by atoms with Gasteiger partial charge in [-0.2, -0.15) is 0 Å². The molecule has 5 nitrogen and oxygen atoms in total. The number of anilines is 3. The number of rotatable bonds is 3. The molecular weight excluding hydrogens is 178 g/mol. The molecule has 1 heterocycles. The van der Waals surface area contributed by atoms with E-state index in [0.717, 1.165) is 18.8 Å². The predicted octanol–water partition coefficient (Wildman–Crippen LogP) is 0.796. The minimum Gasteiger partial charge on any atom is -0.382 e. The molecule has 1 aromatic rings. The van der Waals surface area contributed by atoms with E-state index in [1.165, 1.54) is 0 Å². The van der Waals surface area contributed by atoms with Gasteiger partial charge in [0.15, 0.2) is 11.6 Å². The van der Waals surface area contributed by atoms with E-state index in [4.69, 9.17) is 11.5 Å². The summed E-state index contributed by atoms with van der Waals surface area (Å²) >= 11 is 0. The fraction of sp³-hybridized carbons (Fsp3) is 0.556. The Morgan fingerprint density at radius 2 is 1.50 bits per heavy atom. The number of aromatic nitrogens is 2. The summed E-state index contributed by atoms with van der Waals surface area (Å²) in [6, 6.07) is 0. The van der Waals surface area contributed by atoms with Crippen molar-refractivity contribution in [2.45, 2.75) is 20.8 Å². The second kappa shape index (κ2) is 4.13. The van der Waals surface area contributed by atoms with E-state index in [0.29, 0.717) is 17.5 Å². The van der Waals surface area contributed by atoms with Gasteiger partial charge in [-0.3, -0.25) is 0 Å². The van der Waals surface area contributed by atoms with Crippen LogP contribution in [0.3, 0.4) is 0 Å². The minimum absolute atomic E-state index is 0.457. The number of nitrogen functional groups attached to an aromatic ring is 2. The van der Waals surface area contributed by atoms with Gasteiger partial charge in [-0.25, -0.2) is 9.97 Å². The quantitative estimate of drug-likeness (QED) is 0.745. The third-order valence-corrected chi connectivity index (χ3v) is 2.13. The summed E-state index contributed by atoms with van der Waals surface area (Å²) in [5.41, 5.74) is 12.4. The van der Waals surface area contributed by atoms with E-state index in [9.17, 15) is 0 Å². The van der Waals surface area contributed by atoms with Crippen LogP contribution in [0.1, 0.15) is 19.7 Å². The molecule has 14 heavy (non-hydrogen) atoms. The molecule has 0 fully saturated rings. The smallest absolute Gasteiger partial charge is 0.153 e. The second-order valence-electron chi connectivity index (χ2n) is 3.06. The Bertz CT molecular complexity index is 296. The van der Waals surface area contributed by atoms with Gasteiger partial charge in [0, 0.05) is 13.1 Å². The summed E-state index contributed by atoms with van der Waals surface area (Å²) in [6.45, 7) is 7.55. The molecule has 0 aliphatic heterocycles. The first-order valence-corrected chi connectivity index (χ1v) is 4.74. The summed E-state index contributed by atoms with van der Waals surface area (Å²) in [5.74, 6) is 1.52. The fourth-order valence-electron chi connectivity index (χ4n) is 1.47. The number of hydrogen-bond acceptors (Lipinski definition) is 5. The molecule has 0 atom stereocenters. The van der Waals surface area contributed by atoms with E-state index in [2.05, 4.69) is 9.97 Å². The number of nitrogens with two attached hydrogens (primary N) is 2. The van der Waals surface area contributed by atoms with Crippen LogP contribution in [0.15, 0.2) is 0 Å². The molecule has 0 unspecified atom stereocenters. The molecule has 0 aromatic carbocycles. The maximum Gasteiger partial charge on any atom is 0.153 e. The summed E-state index contributed by atoms with van der Waals surface area (Å²) in [5, 5.41) is 0. The number of nitrogens with zero attached hydrogens (tertiary/aromatic N) is 3. The van der Waals surface area contributed by atoms with Gasteiger partial charge in [0.25, 0.3) is 0 Å². The van der Waals surface area contributed by atoms with Crippen LogP contribution in [0.5, 0.6) is 0 Å². The van der Waals surface area contributed by atoms with Crippen LogP contribution in [-0.4, -0.2) is 23.1 Å². The highest BCUT2D eigenvalue weighted by Crippen LogP contribution is 2.26. The molecular formula is C9H17N5. The zero-order valence-corrected chi connectivity index (χ0v) is 8.91. The van der Waals surface area contributed by atoms with Gasteiger partial charge in [0.05, 0.1) is 0 Å². The van der Waals surface area contributed by atoms with E-state index in [-0.39, 0.29) is 0 Å². The summed E-state index contributed by atoms with van der Waals surface area (Å²) in [6.07, 6.45) is 0. The van der Waals surface area contributed by atoms with Crippen LogP contribution < -0.4 is 16.4 Å². The van der Waals surface area contributed by atoms with Crippen molar-refractivity contribution < 1.29 is 0 Å². The van der Waals surface area contributed by atoms with Crippen molar-refractivity contribution in [1.82, 2.24) is 9.97 Å². The lowest BCUT2D eigenvalue weighted by molar-refractivity contribution is 0.858. The van der Waals surface area contributed by atoms with Crippen molar-refractivity contribution in [1.29, 1.82) is 0 Å². The molecule has 0 bridgehead atoms. The van der Waals surface area contributed by atoms with E-state index in [1.54, 1.807) is 6.92 Å². The molecule has 0 saturated carbocycles. The fourth-order valence-corrected chi connectivity index (χ4v) is 1.47. The van der Waals surface area contributed by atoms with Gasteiger partial charge in [-0.1, -0.05) is 0 Å². The molecule has 5 heteroatoms. The normalized spacial score (nSPS) is 10.2. The van der Waals surface area contributed by atoms with Crippen LogP contribution in [0.2, 0.25) is 0 Å². The Morgan fingerprint density at radius 3 is 1.86 bits per heavy atom. The van der Waals surface area contributed by atoms with Crippen molar-refractivity contribution in [3.63, 3.8) is 0 Å². The van der Waals surface area contributed by atoms with Gasteiger partial charge in [-0.15, -0.1) is 0 Å². The van der Waals surface area contributed by atoms with Crippen LogP contribution in [0.25, 0.3) is 0 Å². The first-order valence-electron chi connectivity index (χ1n) is 4.74. The van der Waals surface area contributed by atoms with Crippen molar-refractivity contribution >= 4 is 17.3 Å². The summed E-state index contributed by atoms with van der Waals surface area (Å²) in [7, 11) is 0. The third kappa shape index (κ3) is 1.86. The maximum absolute atomic E-state index is 5.80. The molecule has 1 rings (SSSR count). The van der Waals surface area contributed by atoms with E-state index in [1.807, 2.05) is 18.7 Å². The summed E-state index contributed by atoms with van der Waals surface area (Å²) in [4.78, 5) is 10.2. The first-order chi connectivity index (χ1) is 6.60. The Morgan fingerprint density at radius 1 is 1.07 bits per heavy atom. The Kier molecular flexibility index (Phi) is 3.11. The molecule has 0 aliphatic rings. The molecule has 1 aromatic heterocycles. The second-order valence-corrected chi connectivity index (χ2v) is 3.06. The van der Waals surface area contributed by atoms with Crippen LogP contribution in [0.4, 0.5) is 17.3 Å². The summed E-state index contributed by atoms with van der Waals surface area (Å²) < 4.78 is 0. The van der Waals surface area contributed by atoms with Crippen LogP contribution in [0, 0.1) is 6.92 Å². The molecule has 0 spiro atoms. The molecule has 0 radical (unpaired) electrons. The lowest BCUT2D eigenvalue weighted by Crippen LogP contribution is -2.25. The lowest BCUT2D eigenvalue weighted by Gasteiger charge is -2.23. The molecule has 4 N–H and O–H groups in total. The Labute approximate surface area is 84.1 Å². The first kappa shape index (κ1) is 10.6. The molecule has 0 aliphatic carbocycles. The van der Waals surface area contributed by atoms with Crippen LogP contribution >= 0.6 is 0 Å². The Balaban J connectivity index is 3.19. The number of aryl methyl sites for hydroxylation is 1. The van der Waals surface area contributed by atoms with Gasteiger partial charge in [0.2, 0.25) is 0 Å². The molecule has 78 valence electrons. The largest absolute Gasteiger partial charge is 0.382 e. The monoisotopic (exact) mass is 195 g/mol. The molecule has 0 saturated heterocycles. The van der Waals surface area contributed by atoms with Gasteiger partial charge in [0.1, 0.15) is 11.5 Å². The van der Waals surface area contributed by atoms with Gasteiger partial charge >= 0.3 is 0 Å². The highest BCUT2D eigenvalue weighted by molar-refractivity contribution is 5.75. The standard InChI is InChI=1S/C9H17N5/c1-4-14(5-2)7-8(10)12-6(3)13-9(7)11/h4-5H2,1-3H3,(H4,10,11,12,13). The van der Waals surface area contributed by atoms with E-state index < -0.39 is 0 Å². The van der Waals surface area contributed by atoms with Crippen LogP contribution in [-0.2, 0) is 0 Å². The van der Waals surface area contributed by atoms with E-state index >= 15 is 0 Å².